The maximum atomic E-state index is 13.2. The van der Waals surface area contributed by atoms with Crippen LogP contribution in [-0.2, 0) is 6.18 Å². The van der Waals surface area contributed by atoms with Gasteiger partial charge in [-0.3, -0.25) is 0 Å². The molecule has 1 N–H and O–H groups in total. The van der Waals surface area contributed by atoms with E-state index in [9.17, 15) is 13.2 Å². The third kappa shape index (κ3) is 3.05. The number of alkyl halides is 3. The molecule has 0 bridgehead atoms. The Kier molecular flexibility index (Phi) is 3.84. The van der Waals surface area contributed by atoms with Crippen LogP contribution >= 0.6 is 15.9 Å². The van der Waals surface area contributed by atoms with Crippen LogP contribution in [0, 0.1) is 0 Å². The molecule has 1 heterocycles. The van der Waals surface area contributed by atoms with Crippen molar-refractivity contribution in [1.82, 2.24) is 5.32 Å². The van der Waals surface area contributed by atoms with Gasteiger partial charge < -0.3 is 10.2 Å². The molecule has 0 atom stereocenters. The van der Waals surface area contributed by atoms with Crippen molar-refractivity contribution < 1.29 is 13.2 Å². The van der Waals surface area contributed by atoms with Gasteiger partial charge in [-0.1, -0.05) is 15.9 Å². The molecule has 6 heteroatoms. The fourth-order valence-electron chi connectivity index (χ4n) is 2.40. The van der Waals surface area contributed by atoms with Crippen LogP contribution in [0.2, 0.25) is 0 Å². The summed E-state index contributed by atoms with van der Waals surface area (Å²) in [5, 5.41) is 3.21. The number of nitrogens with one attached hydrogen (secondary N) is 1. The second-order valence-corrected chi connectivity index (χ2v) is 6.22. The van der Waals surface area contributed by atoms with Gasteiger partial charge in [0.1, 0.15) is 0 Å². The van der Waals surface area contributed by atoms with Crippen LogP contribution in [0.15, 0.2) is 22.7 Å². The van der Waals surface area contributed by atoms with E-state index in [2.05, 4.69) is 21.2 Å². The lowest BCUT2D eigenvalue weighted by atomic mass is 9.97. The zero-order valence-electron chi connectivity index (χ0n) is 10.8. The molecule has 0 aliphatic carbocycles. The Morgan fingerprint density at radius 2 is 2.00 bits per heavy atom. The molecule has 2 nitrogen and oxygen atoms in total. The summed E-state index contributed by atoms with van der Waals surface area (Å²) >= 11 is 3.11. The van der Waals surface area contributed by atoms with E-state index in [0.29, 0.717) is 24.1 Å². The van der Waals surface area contributed by atoms with Crippen molar-refractivity contribution in [2.45, 2.75) is 25.6 Å². The van der Waals surface area contributed by atoms with Crippen LogP contribution in [0.5, 0.6) is 0 Å². The summed E-state index contributed by atoms with van der Waals surface area (Å²) in [6.07, 6.45) is -4.35. The molecular formula is C13H16BrF3N2. The lowest BCUT2D eigenvalue weighted by Crippen LogP contribution is -2.58. The molecule has 0 radical (unpaired) electrons. The van der Waals surface area contributed by atoms with Crippen LogP contribution in [0.1, 0.15) is 19.4 Å². The Labute approximate surface area is 119 Å². The third-order valence-corrected chi connectivity index (χ3v) is 3.85. The zero-order valence-corrected chi connectivity index (χ0v) is 12.4. The molecular weight excluding hydrogens is 321 g/mol. The number of piperazine rings is 1. The highest BCUT2D eigenvalue weighted by Crippen LogP contribution is 2.40. The highest BCUT2D eigenvalue weighted by Gasteiger charge is 2.39. The average Bonchev–Trinajstić information content (AvgIpc) is 2.28. The fourth-order valence-corrected chi connectivity index (χ4v) is 2.76. The van der Waals surface area contributed by atoms with Gasteiger partial charge in [-0.15, -0.1) is 0 Å². The monoisotopic (exact) mass is 336 g/mol. The molecule has 1 aliphatic rings. The second kappa shape index (κ2) is 4.98. The number of halogens is 4. The Morgan fingerprint density at radius 1 is 1.32 bits per heavy atom. The lowest BCUT2D eigenvalue weighted by molar-refractivity contribution is -0.137. The Balaban J connectivity index is 2.49. The molecule has 19 heavy (non-hydrogen) atoms. The molecule has 0 amide bonds. The molecule has 0 saturated carbocycles. The van der Waals surface area contributed by atoms with Crippen LogP contribution in [0.3, 0.4) is 0 Å². The molecule has 0 unspecified atom stereocenters. The van der Waals surface area contributed by atoms with Gasteiger partial charge in [0.25, 0.3) is 0 Å². The Bertz CT molecular complexity index is 471. The number of anilines is 1. The topological polar surface area (TPSA) is 15.3 Å². The summed E-state index contributed by atoms with van der Waals surface area (Å²) in [5.74, 6) is 0. The quantitative estimate of drug-likeness (QED) is 0.841. The number of hydrogen-bond donors (Lipinski definition) is 1. The lowest BCUT2D eigenvalue weighted by Gasteiger charge is -2.45. The molecule has 0 aromatic heterocycles. The first-order valence-electron chi connectivity index (χ1n) is 6.07. The van der Waals surface area contributed by atoms with Gasteiger partial charge >= 0.3 is 6.18 Å². The number of hydrogen-bond acceptors (Lipinski definition) is 2. The molecule has 1 aromatic rings. The van der Waals surface area contributed by atoms with Crippen LogP contribution in [-0.4, -0.2) is 25.2 Å². The molecule has 1 aliphatic heterocycles. The summed E-state index contributed by atoms with van der Waals surface area (Å²) in [5.41, 5.74) is -0.675. The van der Waals surface area contributed by atoms with E-state index in [-0.39, 0.29) is 11.2 Å². The molecule has 0 spiro atoms. The predicted octanol–water partition coefficient (Wildman–Crippen LogP) is 3.66. The van der Waals surface area contributed by atoms with E-state index in [1.54, 1.807) is 12.1 Å². The van der Waals surface area contributed by atoms with Crippen molar-refractivity contribution in [2.24, 2.45) is 0 Å². The van der Waals surface area contributed by atoms with Gasteiger partial charge in [0, 0.05) is 35.3 Å². The molecule has 1 saturated heterocycles. The standard InChI is InChI=1S/C13H16BrF3N2/c1-12(2)8-18-5-6-19(12)11-4-3-9(14)7-10(11)13(15,16)17/h3-4,7,18H,5-6,8H2,1-2H3. The molecule has 1 aromatic carbocycles. The SMILES string of the molecule is CC1(C)CNCCN1c1ccc(Br)cc1C(F)(F)F. The largest absolute Gasteiger partial charge is 0.418 e. The van der Waals surface area contributed by atoms with Gasteiger partial charge in [-0.05, 0) is 32.0 Å². The number of nitrogens with zero attached hydrogens (tertiary/aromatic N) is 1. The van der Waals surface area contributed by atoms with Gasteiger partial charge in [0.2, 0.25) is 0 Å². The van der Waals surface area contributed by atoms with Crippen LogP contribution in [0.4, 0.5) is 18.9 Å². The minimum Gasteiger partial charge on any atom is -0.363 e. The van der Waals surface area contributed by atoms with E-state index in [1.165, 1.54) is 0 Å². The maximum absolute atomic E-state index is 13.2. The highest BCUT2D eigenvalue weighted by molar-refractivity contribution is 9.10. The normalized spacial score (nSPS) is 19.6. The van der Waals surface area contributed by atoms with Crippen LogP contribution < -0.4 is 10.2 Å². The van der Waals surface area contributed by atoms with Gasteiger partial charge in [-0.2, -0.15) is 13.2 Å². The van der Waals surface area contributed by atoms with E-state index in [4.69, 9.17) is 0 Å². The van der Waals surface area contributed by atoms with Gasteiger partial charge in [0.15, 0.2) is 0 Å². The van der Waals surface area contributed by atoms with Crippen molar-refractivity contribution in [3.8, 4) is 0 Å². The Hall–Kier alpha value is -0.750. The van der Waals surface area contributed by atoms with Gasteiger partial charge in [-0.25, -0.2) is 0 Å². The maximum Gasteiger partial charge on any atom is 0.418 e. The zero-order chi connectivity index (χ0) is 14.3. The minimum absolute atomic E-state index is 0.252. The first-order chi connectivity index (χ1) is 8.72. The third-order valence-electron chi connectivity index (χ3n) is 3.36. The average molecular weight is 337 g/mol. The number of rotatable bonds is 1. The number of benzene rings is 1. The molecule has 1 fully saturated rings. The molecule has 106 valence electrons. The first-order valence-corrected chi connectivity index (χ1v) is 6.86. The van der Waals surface area contributed by atoms with E-state index in [1.807, 2.05) is 18.7 Å². The van der Waals surface area contributed by atoms with Crippen LogP contribution in [0.25, 0.3) is 0 Å². The van der Waals surface area contributed by atoms with E-state index >= 15 is 0 Å². The van der Waals surface area contributed by atoms with Crippen molar-refractivity contribution >= 4 is 21.6 Å². The van der Waals surface area contributed by atoms with Crippen molar-refractivity contribution in [1.29, 1.82) is 0 Å². The fraction of sp³-hybridized carbons (Fsp3) is 0.538. The van der Waals surface area contributed by atoms with Crippen molar-refractivity contribution in [3.63, 3.8) is 0 Å². The summed E-state index contributed by atoms with van der Waals surface area (Å²) < 4.78 is 40.0. The minimum atomic E-state index is -4.35. The first kappa shape index (κ1) is 14.7. The smallest absolute Gasteiger partial charge is 0.363 e. The van der Waals surface area contributed by atoms with Gasteiger partial charge in [0.05, 0.1) is 5.56 Å². The summed E-state index contributed by atoms with van der Waals surface area (Å²) in [6, 6.07) is 4.34. The molecule has 2 rings (SSSR count). The van der Waals surface area contributed by atoms with E-state index < -0.39 is 11.7 Å². The van der Waals surface area contributed by atoms with E-state index in [0.717, 1.165) is 6.07 Å². The van der Waals surface area contributed by atoms with Crippen molar-refractivity contribution in [2.75, 3.05) is 24.5 Å². The highest BCUT2D eigenvalue weighted by atomic mass is 79.9. The Morgan fingerprint density at radius 3 is 2.58 bits per heavy atom. The summed E-state index contributed by atoms with van der Waals surface area (Å²) in [6.45, 7) is 5.82. The second-order valence-electron chi connectivity index (χ2n) is 5.30. The van der Waals surface area contributed by atoms with Crippen molar-refractivity contribution in [3.05, 3.63) is 28.2 Å². The summed E-state index contributed by atoms with van der Waals surface area (Å²) in [7, 11) is 0. The summed E-state index contributed by atoms with van der Waals surface area (Å²) in [4.78, 5) is 1.83. The predicted molar refractivity (Wildman–Crippen MR) is 73.4 cm³/mol.